The molecule has 4 fully saturated rings. The quantitative estimate of drug-likeness (QED) is 0.694. The molecule has 3 nitrogen and oxygen atoms in total. The van der Waals surface area contributed by atoms with Gasteiger partial charge in [-0.3, -0.25) is 4.79 Å². The average molecular weight is 306 g/mol. The molecule has 3 aliphatic carbocycles. The summed E-state index contributed by atoms with van der Waals surface area (Å²) in [7, 11) is 0. The van der Waals surface area contributed by atoms with Gasteiger partial charge in [0.25, 0.3) is 0 Å². The third-order valence-corrected chi connectivity index (χ3v) is 8.49. The Morgan fingerprint density at radius 1 is 1.00 bits per heavy atom. The molecular formula is C19H30O3. The molecule has 124 valence electrons. The van der Waals surface area contributed by atoms with Crippen molar-refractivity contribution in [2.45, 2.75) is 83.8 Å². The molecule has 0 unspecified atom stereocenters. The highest BCUT2D eigenvalue weighted by Gasteiger charge is 2.63. The summed E-state index contributed by atoms with van der Waals surface area (Å²) in [5.74, 6) is 2.04. The van der Waals surface area contributed by atoms with Gasteiger partial charge in [-0.15, -0.1) is 0 Å². The van der Waals surface area contributed by atoms with Gasteiger partial charge in [0.2, 0.25) is 0 Å². The van der Waals surface area contributed by atoms with Crippen LogP contribution in [0.4, 0.5) is 0 Å². The lowest BCUT2D eigenvalue weighted by molar-refractivity contribution is -0.197. The van der Waals surface area contributed by atoms with Crippen molar-refractivity contribution in [1.29, 1.82) is 0 Å². The summed E-state index contributed by atoms with van der Waals surface area (Å²) in [6, 6.07) is 0. The van der Waals surface area contributed by atoms with Crippen LogP contribution in [-0.2, 0) is 9.53 Å². The molecule has 1 heterocycles. The van der Waals surface area contributed by atoms with Crippen LogP contribution in [0.25, 0.3) is 0 Å². The standard InChI is InChI=1S/C19H30O3/c1-17-9-8-16(20)22-15(17)5-4-12-13(17)6-10-18(2)14(12)7-11-19(18,3)21/h12-15,21H,4-11H2,1-3H3/t12-,13+,14-,15-,17-,18-,19-/m1/s1. The maximum absolute atomic E-state index is 11.7. The van der Waals surface area contributed by atoms with E-state index in [-0.39, 0.29) is 22.9 Å². The molecule has 4 rings (SSSR count). The lowest BCUT2D eigenvalue weighted by Crippen LogP contribution is -2.58. The van der Waals surface area contributed by atoms with Gasteiger partial charge in [0.1, 0.15) is 6.10 Å². The molecule has 0 spiro atoms. The molecule has 3 saturated carbocycles. The first-order chi connectivity index (χ1) is 10.3. The Morgan fingerprint density at radius 3 is 2.50 bits per heavy atom. The molecule has 0 aromatic rings. The summed E-state index contributed by atoms with van der Waals surface area (Å²) in [5, 5.41) is 10.9. The third kappa shape index (κ3) is 1.75. The van der Waals surface area contributed by atoms with E-state index in [0.29, 0.717) is 24.2 Å². The second-order valence-corrected chi connectivity index (χ2v) is 9.21. The molecule has 1 aliphatic heterocycles. The third-order valence-electron chi connectivity index (χ3n) is 8.49. The Hall–Kier alpha value is -0.570. The van der Waals surface area contributed by atoms with Crippen LogP contribution in [0.1, 0.15) is 72.1 Å². The number of esters is 1. The largest absolute Gasteiger partial charge is 0.462 e. The lowest BCUT2D eigenvalue weighted by Gasteiger charge is -2.60. The smallest absolute Gasteiger partial charge is 0.306 e. The number of ether oxygens (including phenoxy) is 1. The molecule has 7 atom stereocenters. The highest BCUT2D eigenvalue weighted by molar-refractivity contribution is 5.70. The van der Waals surface area contributed by atoms with Gasteiger partial charge in [-0.1, -0.05) is 13.8 Å². The van der Waals surface area contributed by atoms with Crippen LogP contribution in [0, 0.1) is 28.6 Å². The second-order valence-electron chi connectivity index (χ2n) is 9.21. The van der Waals surface area contributed by atoms with Gasteiger partial charge in [0.15, 0.2) is 0 Å². The van der Waals surface area contributed by atoms with E-state index in [0.717, 1.165) is 25.7 Å². The summed E-state index contributed by atoms with van der Waals surface area (Å²) in [6.45, 7) is 6.76. The summed E-state index contributed by atoms with van der Waals surface area (Å²) < 4.78 is 5.73. The van der Waals surface area contributed by atoms with Crippen LogP contribution in [0.5, 0.6) is 0 Å². The Balaban J connectivity index is 1.65. The fraction of sp³-hybridized carbons (Fsp3) is 0.947. The van der Waals surface area contributed by atoms with Crippen LogP contribution >= 0.6 is 0 Å². The maximum atomic E-state index is 11.7. The minimum absolute atomic E-state index is 0.00497. The lowest BCUT2D eigenvalue weighted by atomic mass is 9.47. The maximum Gasteiger partial charge on any atom is 0.306 e. The zero-order chi connectivity index (χ0) is 15.8. The van der Waals surface area contributed by atoms with Crippen molar-refractivity contribution in [2.24, 2.45) is 28.6 Å². The van der Waals surface area contributed by atoms with Crippen molar-refractivity contribution in [1.82, 2.24) is 0 Å². The number of fused-ring (bicyclic) bond motifs is 5. The van der Waals surface area contributed by atoms with Crippen LogP contribution in [0.15, 0.2) is 0 Å². The number of carbonyl (C=O) groups is 1. The molecule has 0 radical (unpaired) electrons. The molecule has 0 aromatic heterocycles. The molecule has 1 saturated heterocycles. The van der Waals surface area contributed by atoms with Crippen molar-refractivity contribution in [3.05, 3.63) is 0 Å². The van der Waals surface area contributed by atoms with Gasteiger partial charge >= 0.3 is 5.97 Å². The zero-order valence-corrected chi connectivity index (χ0v) is 14.2. The first-order valence-electron chi connectivity index (χ1n) is 9.20. The molecule has 22 heavy (non-hydrogen) atoms. The monoisotopic (exact) mass is 306 g/mol. The van der Waals surface area contributed by atoms with E-state index in [4.69, 9.17) is 4.74 Å². The number of hydrogen-bond donors (Lipinski definition) is 1. The van der Waals surface area contributed by atoms with Gasteiger partial charge in [0.05, 0.1) is 5.60 Å². The van der Waals surface area contributed by atoms with E-state index < -0.39 is 5.60 Å². The van der Waals surface area contributed by atoms with Crippen LogP contribution < -0.4 is 0 Å². The van der Waals surface area contributed by atoms with E-state index in [1.807, 2.05) is 0 Å². The van der Waals surface area contributed by atoms with E-state index in [9.17, 15) is 9.90 Å². The predicted molar refractivity (Wildman–Crippen MR) is 84.1 cm³/mol. The SMILES string of the molecule is C[C@]12CCC(=O)O[C@@H]1CC[C@H]1[C@H]3CC[C@@](C)(O)[C@]3(C)CC[C@@H]12. The van der Waals surface area contributed by atoms with Crippen LogP contribution in [0.3, 0.4) is 0 Å². The van der Waals surface area contributed by atoms with Crippen molar-refractivity contribution >= 4 is 5.97 Å². The Kier molecular flexibility index (Phi) is 3.06. The second kappa shape index (κ2) is 4.49. The zero-order valence-electron chi connectivity index (χ0n) is 14.2. The Bertz CT molecular complexity index is 499. The van der Waals surface area contributed by atoms with Crippen molar-refractivity contribution in [2.75, 3.05) is 0 Å². The van der Waals surface area contributed by atoms with E-state index in [1.54, 1.807) is 0 Å². The number of rotatable bonds is 0. The minimum Gasteiger partial charge on any atom is -0.462 e. The van der Waals surface area contributed by atoms with E-state index in [2.05, 4.69) is 20.8 Å². The fourth-order valence-corrected chi connectivity index (χ4v) is 6.79. The summed E-state index contributed by atoms with van der Waals surface area (Å²) in [6.07, 6.45) is 8.37. The van der Waals surface area contributed by atoms with Crippen molar-refractivity contribution < 1.29 is 14.6 Å². The topological polar surface area (TPSA) is 46.5 Å². The van der Waals surface area contributed by atoms with Gasteiger partial charge in [-0.25, -0.2) is 0 Å². The highest BCUT2D eigenvalue weighted by atomic mass is 16.5. The van der Waals surface area contributed by atoms with Crippen LogP contribution in [-0.4, -0.2) is 22.8 Å². The summed E-state index contributed by atoms with van der Waals surface area (Å²) >= 11 is 0. The van der Waals surface area contributed by atoms with Crippen molar-refractivity contribution in [3.63, 3.8) is 0 Å². The molecule has 1 N–H and O–H groups in total. The molecule has 0 amide bonds. The average Bonchev–Trinajstić information content (AvgIpc) is 2.70. The Morgan fingerprint density at radius 2 is 1.73 bits per heavy atom. The van der Waals surface area contributed by atoms with Crippen molar-refractivity contribution in [3.8, 4) is 0 Å². The number of hydrogen-bond acceptors (Lipinski definition) is 3. The molecular weight excluding hydrogens is 276 g/mol. The highest BCUT2D eigenvalue weighted by Crippen LogP contribution is 2.66. The summed E-state index contributed by atoms with van der Waals surface area (Å²) in [5.41, 5.74) is -0.241. The van der Waals surface area contributed by atoms with Crippen LogP contribution in [0.2, 0.25) is 0 Å². The minimum atomic E-state index is -0.501. The van der Waals surface area contributed by atoms with Gasteiger partial charge < -0.3 is 9.84 Å². The predicted octanol–water partition coefficient (Wildman–Crippen LogP) is 3.69. The molecule has 0 aromatic carbocycles. The summed E-state index contributed by atoms with van der Waals surface area (Å²) in [4.78, 5) is 11.7. The fourth-order valence-electron chi connectivity index (χ4n) is 6.79. The number of carbonyl (C=O) groups excluding carboxylic acids is 1. The normalized spacial score (nSPS) is 57.5. The molecule has 0 bridgehead atoms. The van der Waals surface area contributed by atoms with Gasteiger partial charge in [0, 0.05) is 11.8 Å². The van der Waals surface area contributed by atoms with Gasteiger partial charge in [-0.2, -0.15) is 0 Å². The van der Waals surface area contributed by atoms with Gasteiger partial charge in [-0.05, 0) is 75.0 Å². The molecule has 3 heteroatoms. The Labute approximate surface area is 133 Å². The molecule has 4 aliphatic rings. The first kappa shape index (κ1) is 15.0. The van der Waals surface area contributed by atoms with E-state index >= 15 is 0 Å². The van der Waals surface area contributed by atoms with E-state index in [1.165, 1.54) is 19.3 Å². The first-order valence-corrected chi connectivity index (χ1v) is 9.20. The number of aliphatic hydroxyl groups is 1.